The normalized spacial score (nSPS) is 10.9. The van der Waals surface area contributed by atoms with Gasteiger partial charge in [0, 0.05) is 30.7 Å². The molecule has 0 N–H and O–H groups in total. The molecule has 0 aliphatic rings. The Balaban J connectivity index is 2.12. The summed E-state index contributed by atoms with van der Waals surface area (Å²) >= 11 is 0. The molecule has 140 valence electrons. The van der Waals surface area contributed by atoms with Crippen LogP contribution in [-0.4, -0.2) is 34.0 Å². The summed E-state index contributed by atoms with van der Waals surface area (Å²) in [4.78, 5) is 31.7. The average molecular weight is 367 g/mol. The minimum Gasteiger partial charge on any atom is -0.342 e. The highest BCUT2D eigenvalue weighted by Crippen LogP contribution is 2.15. The van der Waals surface area contributed by atoms with Crippen molar-refractivity contribution in [3.63, 3.8) is 0 Å². The van der Waals surface area contributed by atoms with E-state index in [0.29, 0.717) is 23.1 Å². The number of benzene rings is 1. The highest BCUT2D eigenvalue weighted by molar-refractivity contribution is 5.96. The van der Waals surface area contributed by atoms with Crippen molar-refractivity contribution in [1.29, 1.82) is 0 Å². The number of nitrogens with zero attached hydrogens (tertiary/aromatic N) is 3. The van der Waals surface area contributed by atoms with E-state index in [1.54, 1.807) is 54.5 Å². The molecule has 0 aliphatic heterocycles. The Kier molecular flexibility index (Phi) is 5.64. The van der Waals surface area contributed by atoms with Crippen LogP contribution in [0.4, 0.5) is 4.39 Å². The zero-order valence-corrected chi connectivity index (χ0v) is 15.5. The first-order valence-corrected chi connectivity index (χ1v) is 9.00. The predicted octanol–water partition coefficient (Wildman–Crippen LogP) is 3.46. The number of amides is 1. The van der Waals surface area contributed by atoms with Crippen molar-refractivity contribution in [3.05, 3.63) is 76.0 Å². The van der Waals surface area contributed by atoms with Gasteiger partial charge in [-0.2, -0.15) is 0 Å². The van der Waals surface area contributed by atoms with Crippen LogP contribution in [0, 0.1) is 5.82 Å². The largest absolute Gasteiger partial charge is 0.342 e. The molecular weight excluding hydrogens is 345 g/mol. The molecule has 0 radical (unpaired) electrons. The summed E-state index contributed by atoms with van der Waals surface area (Å²) in [5.74, 6) is -0.730. The Morgan fingerprint density at radius 2 is 2.00 bits per heavy atom. The zero-order valence-electron chi connectivity index (χ0n) is 15.5. The molecule has 3 aromatic rings. The van der Waals surface area contributed by atoms with Crippen LogP contribution in [0.15, 0.2) is 53.5 Å². The third-order valence-electron chi connectivity index (χ3n) is 4.56. The number of carbonyl (C=O) groups is 1. The summed E-state index contributed by atoms with van der Waals surface area (Å²) in [5, 5.41) is 0.667. The summed E-state index contributed by atoms with van der Waals surface area (Å²) in [7, 11) is 1.69. The standard InChI is InChI=1S/C21H22FN3O2/c1-3-4-12-24(2)20(26)17-13-15-9-7-11-23-19(15)25(21(17)27)14-16-8-5-6-10-18(16)22/h5-11,13H,3-4,12,14H2,1-2H3. The lowest BCUT2D eigenvalue weighted by Gasteiger charge is -2.18. The monoisotopic (exact) mass is 367 g/mol. The lowest BCUT2D eigenvalue weighted by Crippen LogP contribution is -2.35. The first-order valence-electron chi connectivity index (χ1n) is 9.00. The Bertz CT molecular complexity index is 1030. The molecule has 2 heterocycles. The zero-order chi connectivity index (χ0) is 19.4. The minimum absolute atomic E-state index is 0.0127. The van der Waals surface area contributed by atoms with E-state index in [9.17, 15) is 14.0 Å². The van der Waals surface area contributed by atoms with Crippen LogP contribution in [0.5, 0.6) is 0 Å². The van der Waals surface area contributed by atoms with Gasteiger partial charge in [-0.15, -0.1) is 0 Å². The molecule has 0 fully saturated rings. The van der Waals surface area contributed by atoms with Gasteiger partial charge in [-0.1, -0.05) is 31.5 Å². The smallest absolute Gasteiger partial charge is 0.265 e. The van der Waals surface area contributed by atoms with Gasteiger partial charge < -0.3 is 4.90 Å². The van der Waals surface area contributed by atoms with Crippen molar-refractivity contribution >= 4 is 16.9 Å². The summed E-state index contributed by atoms with van der Waals surface area (Å²) in [5.41, 5.74) is 0.414. The number of aromatic nitrogens is 2. The van der Waals surface area contributed by atoms with Crippen LogP contribution in [0.25, 0.3) is 11.0 Å². The van der Waals surface area contributed by atoms with Crippen molar-refractivity contribution in [3.8, 4) is 0 Å². The molecule has 5 nitrogen and oxygen atoms in total. The maximum atomic E-state index is 14.1. The molecule has 27 heavy (non-hydrogen) atoms. The molecule has 1 amide bonds. The van der Waals surface area contributed by atoms with E-state index in [4.69, 9.17) is 0 Å². The molecular formula is C21H22FN3O2. The second-order valence-corrected chi connectivity index (χ2v) is 6.54. The minimum atomic E-state index is -0.460. The molecule has 6 heteroatoms. The Morgan fingerprint density at radius 1 is 1.22 bits per heavy atom. The highest BCUT2D eigenvalue weighted by atomic mass is 19.1. The molecule has 0 saturated carbocycles. The van der Waals surface area contributed by atoms with Gasteiger partial charge in [0.2, 0.25) is 0 Å². The molecule has 0 unspecified atom stereocenters. The Hall–Kier alpha value is -3.02. The number of hydrogen-bond donors (Lipinski definition) is 0. The van der Waals surface area contributed by atoms with Gasteiger partial charge in [0.25, 0.3) is 11.5 Å². The molecule has 0 aliphatic carbocycles. The number of fused-ring (bicyclic) bond motifs is 1. The number of hydrogen-bond acceptors (Lipinski definition) is 3. The van der Waals surface area contributed by atoms with Crippen molar-refractivity contribution in [1.82, 2.24) is 14.5 Å². The number of pyridine rings is 2. The average Bonchev–Trinajstić information content (AvgIpc) is 2.69. The van der Waals surface area contributed by atoms with E-state index in [0.717, 1.165) is 12.8 Å². The van der Waals surface area contributed by atoms with Gasteiger partial charge in [0.15, 0.2) is 0 Å². The van der Waals surface area contributed by atoms with Gasteiger partial charge in [-0.05, 0) is 30.7 Å². The number of carbonyl (C=O) groups excluding carboxylic acids is 1. The molecule has 1 aromatic carbocycles. The van der Waals surface area contributed by atoms with Crippen LogP contribution in [0.2, 0.25) is 0 Å². The van der Waals surface area contributed by atoms with Crippen LogP contribution < -0.4 is 5.56 Å². The molecule has 0 atom stereocenters. The van der Waals surface area contributed by atoms with Crippen LogP contribution in [0.3, 0.4) is 0 Å². The molecule has 0 saturated heterocycles. The van der Waals surface area contributed by atoms with Gasteiger partial charge in [0.05, 0.1) is 6.54 Å². The third kappa shape index (κ3) is 3.89. The van der Waals surface area contributed by atoms with Crippen LogP contribution in [-0.2, 0) is 6.54 Å². The lowest BCUT2D eigenvalue weighted by molar-refractivity contribution is 0.0791. The molecule has 2 aromatic heterocycles. The fraction of sp³-hybridized carbons (Fsp3) is 0.286. The topological polar surface area (TPSA) is 55.2 Å². The van der Waals surface area contributed by atoms with E-state index in [1.165, 1.54) is 10.6 Å². The molecule has 0 spiro atoms. The van der Waals surface area contributed by atoms with Crippen molar-refractivity contribution in [2.75, 3.05) is 13.6 Å². The van der Waals surface area contributed by atoms with E-state index < -0.39 is 11.4 Å². The molecule has 3 rings (SSSR count). The fourth-order valence-electron chi connectivity index (χ4n) is 3.01. The Labute approximate surface area is 157 Å². The summed E-state index contributed by atoms with van der Waals surface area (Å²) in [6, 6.07) is 11.4. The van der Waals surface area contributed by atoms with Crippen molar-refractivity contribution in [2.24, 2.45) is 0 Å². The third-order valence-corrected chi connectivity index (χ3v) is 4.56. The number of halogens is 1. The summed E-state index contributed by atoms with van der Waals surface area (Å²) in [6.45, 7) is 2.63. The van der Waals surface area contributed by atoms with Crippen LogP contribution >= 0.6 is 0 Å². The highest BCUT2D eigenvalue weighted by Gasteiger charge is 2.20. The summed E-state index contributed by atoms with van der Waals surface area (Å²) < 4.78 is 15.5. The number of unbranched alkanes of at least 4 members (excludes halogenated alkanes) is 1. The first kappa shape index (κ1) is 18.8. The maximum Gasteiger partial charge on any atom is 0.265 e. The second kappa shape index (κ2) is 8.12. The van der Waals surface area contributed by atoms with Gasteiger partial charge in [-0.25, -0.2) is 9.37 Å². The number of rotatable bonds is 6. The first-order chi connectivity index (χ1) is 13.0. The van der Waals surface area contributed by atoms with E-state index in [1.807, 2.05) is 6.92 Å². The second-order valence-electron chi connectivity index (χ2n) is 6.54. The maximum absolute atomic E-state index is 14.1. The van der Waals surface area contributed by atoms with Gasteiger partial charge in [0.1, 0.15) is 17.0 Å². The van der Waals surface area contributed by atoms with E-state index in [2.05, 4.69) is 4.98 Å². The van der Waals surface area contributed by atoms with Crippen molar-refractivity contribution < 1.29 is 9.18 Å². The predicted molar refractivity (Wildman–Crippen MR) is 103 cm³/mol. The van der Waals surface area contributed by atoms with Crippen LogP contribution in [0.1, 0.15) is 35.7 Å². The van der Waals surface area contributed by atoms with Gasteiger partial charge in [-0.3, -0.25) is 14.2 Å². The van der Waals surface area contributed by atoms with E-state index >= 15 is 0 Å². The van der Waals surface area contributed by atoms with Gasteiger partial charge >= 0.3 is 0 Å². The summed E-state index contributed by atoms with van der Waals surface area (Å²) in [6.07, 6.45) is 3.39. The SMILES string of the molecule is CCCCN(C)C(=O)c1cc2cccnc2n(Cc2ccccc2F)c1=O. The van der Waals surface area contributed by atoms with Crippen molar-refractivity contribution in [2.45, 2.75) is 26.3 Å². The fourth-order valence-corrected chi connectivity index (χ4v) is 3.01. The molecule has 0 bridgehead atoms. The van der Waals surface area contributed by atoms with E-state index in [-0.39, 0.29) is 18.0 Å². The Morgan fingerprint density at radius 3 is 2.74 bits per heavy atom. The quantitative estimate of drug-likeness (QED) is 0.670. The lowest BCUT2D eigenvalue weighted by atomic mass is 10.1.